The predicted octanol–water partition coefficient (Wildman–Crippen LogP) is 4.57. The summed E-state index contributed by atoms with van der Waals surface area (Å²) in [7, 11) is 1.70. The third-order valence-electron chi connectivity index (χ3n) is 5.32. The van der Waals surface area contributed by atoms with Gasteiger partial charge in [0.2, 0.25) is 0 Å². The van der Waals surface area contributed by atoms with Crippen molar-refractivity contribution in [3.05, 3.63) is 105 Å². The average Bonchev–Trinajstić information content (AvgIpc) is 2.80. The molecule has 0 fully saturated rings. The summed E-state index contributed by atoms with van der Waals surface area (Å²) in [5.74, 6) is 0.401. The van der Waals surface area contributed by atoms with Gasteiger partial charge < -0.3 is 4.74 Å². The number of esters is 1. The van der Waals surface area contributed by atoms with Crippen LogP contribution in [-0.2, 0) is 11.8 Å². The van der Waals surface area contributed by atoms with Crippen LogP contribution in [-0.4, -0.2) is 21.3 Å². The van der Waals surface area contributed by atoms with E-state index in [0.29, 0.717) is 33.6 Å². The Morgan fingerprint density at radius 1 is 0.909 bits per heavy atom. The van der Waals surface area contributed by atoms with Crippen molar-refractivity contribution in [1.82, 2.24) is 9.55 Å². The van der Waals surface area contributed by atoms with Gasteiger partial charge in [0.25, 0.3) is 5.56 Å². The van der Waals surface area contributed by atoms with Crippen molar-refractivity contribution in [1.29, 1.82) is 0 Å². The number of fused-ring (bicyclic) bond motifs is 1. The summed E-state index contributed by atoms with van der Waals surface area (Å²) in [5, 5.41) is 0.626. The fourth-order valence-corrected chi connectivity index (χ4v) is 3.57. The van der Waals surface area contributed by atoms with Gasteiger partial charge in [0.1, 0.15) is 11.6 Å². The Morgan fingerprint density at radius 3 is 2.18 bits per heavy atom. The van der Waals surface area contributed by atoms with Crippen LogP contribution in [0.3, 0.4) is 0 Å². The minimum atomic E-state index is -0.410. The molecule has 4 aromatic rings. The molecule has 0 amide bonds. The summed E-state index contributed by atoms with van der Waals surface area (Å²) in [5.41, 5.74) is 3.39. The summed E-state index contributed by atoms with van der Waals surface area (Å²) in [6, 6.07) is 19.2. The molecule has 0 bridgehead atoms. The quantitative estimate of drug-likeness (QED) is 0.259. The van der Waals surface area contributed by atoms with Crippen molar-refractivity contribution in [2.45, 2.75) is 13.8 Å². The Kier molecular flexibility index (Phi) is 6.00. The number of carbonyl (C=O) groups is 2. The number of hydrogen-bond donors (Lipinski definition) is 0. The summed E-state index contributed by atoms with van der Waals surface area (Å²) in [6.45, 7) is 3.23. The second kappa shape index (κ2) is 9.04. The molecule has 1 aromatic heterocycles. The van der Waals surface area contributed by atoms with Crippen LogP contribution in [0.1, 0.15) is 39.8 Å². The molecule has 0 saturated carbocycles. The molecular formula is C27H22N2O4. The lowest BCUT2D eigenvalue weighted by molar-refractivity contribution is -0.131. The molecule has 0 aliphatic carbocycles. The van der Waals surface area contributed by atoms with Crippen molar-refractivity contribution < 1.29 is 14.3 Å². The van der Waals surface area contributed by atoms with Gasteiger partial charge in [0, 0.05) is 25.1 Å². The van der Waals surface area contributed by atoms with Crippen LogP contribution in [0.15, 0.2) is 71.5 Å². The Labute approximate surface area is 190 Å². The number of aryl methyl sites for hydroxylation is 1. The van der Waals surface area contributed by atoms with Crippen LogP contribution >= 0.6 is 0 Å². The highest BCUT2D eigenvalue weighted by molar-refractivity contribution is 6.09. The van der Waals surface area contributed by atoms with Crippen molar-refractivity contribution in [2.75, 3.05) is 0 Å². The van der Waals surface area contributed by atoms with Gasteiger partial charge in [-0.25, -0.2) is 4.98 Å². The zero-order valence-electron chi connectivity index (χ0n) is 18.5. The molecular weight excluding hydrogens is 416 g/mol. The molecule has 0 saturated heterocycles. The number of rotatable bonds is 5. The second-order valence-electron chi connectivity index (χ2n) is 7.71. The van der Waals surface area contributed by atoms with Gasteiger partial charge >= 0.3 is 5.97 Å². The van der Waals surface area contributed by atoms with Crippen LogP contribution in [0.2, 0.25) is 0 Å². The second-order valence-corrected chi connectivity index (χ2v) is 7.71. The van der Waals surface area contributed by atoms with Crippen LogP contribution in [0, 0.1) is 6.92 Å². The van der Waals surface area contributed by atoms with E-state index in [-0.39, 0.29) is 11.3 Å². The first-order valence-electron chi connectivity index (χ1n) is 10.4. The van der Waals surface area contributed by atoms with E-state index < -0.39 is 5.97 Å². The molecule has 3 aromatic carbocycles. The molecule has 0 unspecified atom stereocenters. The summed E-state index contributed by atoms with van der Waals surface area (Å²) >= 11 is 0. The molecule has 0 radical (unpaired) electrons. The topological polar surface area (TPSA) is 78.3 Å². The van der Waals surface area contributed by atoms with Gasteiger partial charge in [-0.05, 0) is 54.5 Å². The zero-order valence-corrected chi connectivity index (χ0v) is 18.5. The van der Waals surface area contributed by atoms with Crippen LogP contribution in [0.4, 0.5) is 0 Å². The highest BCUT2D eigenvalue weighted by Crippen LogP contribution is 2.18. The molecule has 0 N–H and O–H groups in total. The number of aromatic nitrogens is 2. The lowest BCUT2D eigenvalue weighted by Gasteiger charge is -2.07. The van der Waals surface area contributed by atoms with Crippen LogP contribution in [0.5, 0.6) is 5.75 Å². The van der Waals surface area contributed by atoms with Gasteiger partial charge in [-0.15, -0.1) is 0 Å². The van der Waals surface area contributed by atoms with Gasteiger partial charge in [0.15, 0.2) is 5.78 Å². The first-order chi connectivity index (χ1) is 15.8. The molecule has 6 nitrogen and oxygen atoms in total. The number of nitrogens with zero attached hydrogens (tertiary/aromatic N) is 2. The van der Waals surface area contributed by atoms with Crippen LogP contribution in [0.25, 0.3) is 23.1 Å². The van der Waals surface area contributed by atoms with Crippen molar-refractivity contribution in [3.63, 3.8) is 0 Å². The molecule has 164 valence electrons. The Hall–Kier alpha value is -4.32. The minimum Gasteiger partial charge on any atom is -0.427 e. The minimum absolute atomic E-state index is 0.0848. The first-order valence-corrected chi connectivity index (χ1v) is 10.4. The molecule has 33 heavy (non-hydrogen) atoms. The van der Waals surface area contributed by atoms with E-state index in [0.717, 1.165) is 11.1 Å². The largest absolute Gasteiger partial charge is 0.427 e. The van der Waals surface area contributed by atoms with E-state index in [1.54, 1.807) is 49.5 Å². The van der Waals surface area contributed by atoms with E-state index in [1.807, 2.05) is 43.3 Å². The highest BCUT2D eigenvalue weighted by atomic mass is 16.5. The van der Waals surface area contributed by atoms with E-state index >= 15 is 0 Å². The number of benzene rings is 3. The Bertz CT molecular complexity index is 1450. The van der Waals surface area contributed by atoms with Gasteiger partial charge in [-0.2, -0.15) is 0 Å². The fourth-order valence-electron chi connectivity index (χ4n) is 3.57. The number of ketones is 1. The molecule has 6 heteroatoms. The number of carbonyl (C=O) groups excluding carboxylic acids is 2. The lowest BCUT2D eigenvalue weighted by atomic mass is 10.0. The Balaban J connectivity index is 1.54. The van der Waals surface area contributed by atoms with Gasteiger partial charge in [-0.3, -0.25) is 19.0 Å². The van der Waals surface area contributed by atoms with Crippen molar-refractivity contribution in [2.24, 2.45) is 7.05 Å². The smallest absolute Gasteiger partial charge is 0.308 e. The zero-order chi connectivity index (χ0) is 23.5. The molecule has 0 atom stereocenters. The third kappa shape index (κ3) is 4.65. The van der Waals surface area contributed by atoms with Crippen molar-refractivity contribution in [3.8, 4) is 5.75 Å². The summed E-state index contributed by atoms with van der Waals surface area (Å²) < 4.78 is 6.53. The normalized spacial score (nSPS) is 11.1. The number of ether oxygens (including phenoxy) is 1. The third-order valence-corrected chi connectivity index (χ3v) is 5.32. The van der Waals surface area contributed by atoms with E-state index in [9.17, 15) is 14.4 Å². The summed E-state index contributed by atoms with van der Waals surface area (Å²) in [4.78, 5) is 41.1. The fraction of sp³-hybridized carbons (Fsp3) is 0.111. The predicted molar refractivity (Wildman–Crippen MR) is 128 cm³/mol. The SMILES string of the molecule is CC(=O)Oc1ccc(C(=O)c2ccc(/C=C/c3nc4cccc(C)c4c(=O)n3C)cc2)cc1. The van der Waals surface area contributed by atoms with Crippen LogP contribution < -0.4 is 10.3 Å². The number of hydrogen-bond acceptors (Lipinski definition) is 5. The molecule has 0 aliphatic rings. The standard InChI is InChI=1S/C27H22N2O4/c1-17-5-4-6-23-25(17)27(32)29(3)24(28-23)16-9-19-7-10-20(11-8-19)26(31)21-12-14-22(15-13-21)33-18(2)30/h4-16H,1-3H3/b16-9+. The maximum Gasteiger partial charge on any atom is 0.308 e. The van der Waals surface area contributed by atoms with Gasteiger partial charge in [0.05, 0.1) is 10.9 Å². The maximum atomic E-state index is 12.7. The van der Waals surface area contributed by atoms with E-state index in [2.05, 4.69) is 4.98 Å². The average molecular weight is 438 g/mol. The highest BCUT2D eigenvalue weighted by Gasteiger charge is 2.10. The Morgan fingerprint density at radius 2 is 1.55 bits per heavy atom. The van der Waals surface area contributed by atoms with Crippen molar-refractivity contribution >= 4 is 34.8 Å². The maximum absolute atomic E-state index is 12.7. The van der Waals surface area contributed by atoms with E-state index in [4.69, 9.17) is 4.74 Å². The first kappa shape index (κ1) is 21.9. The molecule has 1 heterocycles. The van der Waals surface area contributed by atoms with Gasteiger partial charge in [-0.1, -0.05) is 42.5 Å². The van der Waals surface area contributed by atoms with E-state index in [1.165, 1.54) is 11.5 Å². The molecule has 0 spiro atoms. The summed E-state index contributed by atoms with van der Waals surface area (Å²) in [6.07, 6.45) is 3.64. The monoisotopic (exact) mass is 438 g/mol. The molecule has 4 rings (SSSR count). The molecule has 0 aliphatic heterocycles. The lowest BCUT2D eigenvalue weighted by Crippen LogP contribution is -2.21.